The molecule has 1 aliphatic rings. The van der Waals surface area contributed by atoms with Crippen molar-refractivity contribution in [3.05, 3.63) is 182 Å². The molecule has 4 heteroatoms. The van der Waals surface area contributed by atoms with E-state index < -0.39 is 14.8 Å². The summed E-state index contributed by atoms with van der Waals surface area (Å²) in [5.41, 5.74) is 0. The van der Waals surface area contributed by atoms with Gasteiger partial charge in [0.1, 0.15) is 31.8 Å². The first-order valence-electron chi connectivity index (χ1n) is 16.5. The zero-order chi connectivity index (χ0) is 31.1. The van der Waals surface area contributed by atoms with Crippen molar-refractivity contribution in [3.8, 4) is 0 Å². The van der Waals surface area contributed by atoms with Gasteiger partial charge in [0, 0.05) is 0 Å². The molecule has 228 valence electrons. The van der Waals surface area contributed by atoms with Gasteiger partial charge in [-0.2, -0.15) is 10.2 Å². The number of hydrogen-bond acceptors (Lipinski definition) is 2. The monoisotopic (exact) mass is 636 g/mol. The van der Waals surface area contributed by atoms with Crippen molar-refractivity contribution >= 4 is 46.7 Å². The molecule has 1 fully saturated rings. The predicted octanol–water partition coefficient (Wildman–Crippen LogP) is 7.30. The summed E-state index contributed by atoms with van der Waals surface area (Å²) in [6, 6.07) is 67.8. The quantitative estimate of drug-likeness (QED) is 0.154. The van der Waals surface area contributed by atoms with E-state index in [9.17, 15) is 0 Å². The van der Waals surface area contributed by atoms with Gasteiger partial charge in [0.25, 0.3) is 0 Å². The fraction of sp³-hybridized carbons (Fsp3) is 0.143. The smallest absolute Gasteiger partial charge is 0.174 e. The van der Waals surface area contributed by atoms with E-state index in [0.29, 0.717) is 0 Å². The van der Waals surface area contributed by atoms with Crippen molar-refractivity contribution in [3.63, 3.8) is 0 Å². The number of nitrogens with one attached hydrogen (secondary N) is 2. The second kappa shape index (κ2) is 14.3. The summed E-state index contributed by atoms with van der Waals surface area (Å²) < 4.78 is 0. The van der Waals surface area contributed by atoms with Crippen LogP contribution in [0.25, 0.3) is 0 Å². The molecule has 0 aromatic heterocycles. The van der Waals surface area contributed by atoms with Gasteiger partial charge in [-0.3, -0.25) is 0 Å². The Morgan fingerprint density at radius 2 is 0.500 bits per heavy atom. The topological polar surface area (TPSA) is 24.1 Å². The van der Waals surface area contributed by atoms with Gasteiger partial charge in [-0.25, -0.2) is 0 Å². The van der Waals surface area contributed by atoms with E-state index in [-0.39, 0.29) is 12.1 Å². The molecule has 6 aromatic carbocycles. The lowest BCUT2D eigenvalue weighted by Crippen LogP contribution is -2.56. The van der Waals surface area contributed by atoms with Crippen molar-refractivity contribution in [2.24, 2.45) is 0 Å². The van der Waals surface area contributed by atoms with Gasteiger partial charge >= 0.3 is 0 Å². The maximum absolute atomic E-state index is 4.51. The van der Waals surface area contributed by atoms with Crippen LogP contribution in [0.2, 0.25) is 0 Å². The van der Waals surface area contributed by atoms with Crippen LogP contribution in [0.4, 0.5) is 0 Å². The van der Waals surface area contributed by atoms with Crippen LogP contribution in [0.3, 0.4) is 0 Å². The molecule has 2 nitrogen and oxygen atoms in total. The Morgan fingerprint density at radius 1 is 0.304 bits per heavy atom. The van der Waals surface area contributed by atoms with Crippen LogP contribution in [-0.2, 0) is 0 Å². The lowest BCUT2D eigenvalue weighted by atomic mass is 9.92. The van der Waals surface area contributed by atoms with Gasteiger partial charge in [-0.1, -0.05) is 122 Å². The van der Waals surface area contributed by atoms with Crippen molar-refractivity contribution in [1.29, 1.82) is 0 Å². The maximum Gasteiger partial charge on any atom is 0.178 e. The highest BCUT2D eigenvalue weighted by atomic mass is 31.2. The Kier molecular flexibility index (Phi) is 9.52. The average Bonchev–Trinajstić information content (AvgIpc) is 3.15. The summed E-state index contributed by atoms with van der Waals surface area (Å²) in [5, 5.41) is 17.2. The first kappa shape index (κ1) is 30.7. The van der Waals surface area contributed by atoms with Crippen LogP contribution < -0.4 is 42.0 Å². The van der Waals surface area contributed by atoms with Crippen LogP contribution in [-0.4, -0.2) is 12.1 Å². The van der Waals surface area contributed by atoms with Crippen LogP contribution >= 0.6 is 14.8 Å². The minimum absolute atomic E-state index is 0.276. The minimum Gasteiger partial charge on any atom is -0.174 e. The van der Waals surface area contributed by atoms with E-state index in [1.807, 2.05) is 0 Å². The maximum atomic E-state index is 4.51. The van der Waals surface area contributed by atoms with E-state index in [1.165, 1.54) is 44.7 Å². The number of rotatable bonds is 10. The molecule has 0 radical (unpaired) electrons. The molecule has 0 aliphatic heterocycles. The average molecular weight is 637 g/mol. The zero-order valence-electron chi connectivity index (χ0n) is 26.2. The normalized spacial score (nSPS) is 17.0. The molecule has 1 saturated carbocycles. The summed E-state index contributed by atoms with van der Waals surface area (Å²) in [5.74, 6) is 0. The van der Waals surface area contributed by atoms with Crippen molar-refractivity contribution < 1.29 is 0 Å². The molecule has 6 aromatic rings. The molecule has 0 bridgehead atoms. The summed E-state index contributed by atoms with van der Waals surface area (Å²) in [6.45, 7) is 0. The minimum atomic E-state index is -2.22. The Labute approximate surface area is 275 Å². The van der Waals surface area contributed by atoms with Gasteiger partial charge in [0.2, 0.25) is 0 Å². The van der Waals surface area contributed by atoms with Crippen LogP contribution in [0.1, 0.15) is 25.7 Å². The van der Waals surface area contributed by atoms with E-state index in [2.05, 4.69) is 192 Å². The standard InChI is InChI=1S/C42H42N2P2/c1-7-21-35(22-8-1)45(36-23-9-2-10-24-36,37-25-11-3-12-26-37)43-41-33-19-20-34-42(41)44-46(38-27-13-4-14-28-38,39-29-15-5-16-30-39)40-31-17-6-18-32-40/h1-18,21-32,41-44H,19-20,33-34H2/q+2/t41-,42-/m0/s1. The first-order chi connectivity index (χ1) is 22.8. The van der Waals surface area contributed by atoms with Gasteiger partial charge in [-0.15, -0.1) is 0 Å². The zero-order valence-corrected chi connectivity index (χ0v) is 28.0. The lowest BCUT2D eigenvalue weighted by molar-refractivity contribution is 0.349. The Hall–Kier alpha value is -3.90. The summed E-state index contributed by atoms with van der Waals surface area (Å²) >= 11 is 0. The molecule has 0 unspecified atom stereocenters. The number of hydrogen-bond donors (Lipinski definition) is 2. The molecular formula is C42H42N2P2+2. The molecule has 0 heterocycles. The van der Waals surface area contributed by atoms with Gasteiger partial charge < -0.3 is 0 Å². The molecule has 0 spiro atoms. The SMILES string of the molecule is c1ccc([P+](N[C@H]2CCCC[C@@H]2N[P+](c2ccccc2)(c2ccccc2)c2ccccc2)(c2ccccc2)c2ccccc2)cc1. The Bertz CT molecular complexity index is 1450. The van der Waals surface area contributed by atoms with Crippen LogP contribution in [0.15, 0.2) is 182 Å². The largest absolute Gasteiger partial charge is 0.178 e. The van der Waals surface area contributed by atoms with Gasteiger partial charge in [0.05, 0.1) is 12.1 Å². The van der Waals surface area contributed by atoms with Crippen LogP contribution in [0, 0.1) is 0 Å². The summed E-state index contributed by atoms with van der Waals surface area (Å²) in [6.07, 6.45) is 4.71. The fourth-order valence-corrected chi connectivity index (χ4v) is 15.2. The Balaban J connectivity index is 1.39. The highest BCUT2D eigenvalue weighted by molar-refractivity contribution is 7.94. The lowest BCUT2D eigenvalue weighted by Gasteiger charge is -2.40. The van der Waals surface area contributed by atoms with Crippen LogP contribution in [0.5, 0.6) is 0 Å². The summed E-state index contributed by atoms with van der Waals surface area (Å²) in [4.78, 5) is 0. The summed E-state index contributed by atoms with van der Waals surface area (Å²) in [7, 11) is -4.44. The third kappa shape index (κ3) is 6.00. The van der Waals surface area contributed by atoms with Crippen molar-refractivity contribution in [2.45, 2.75) is 37.8 Å². The second-order valence-corrected chi connectivity index (χ2v) is 18.4. The molecular weight excluding hydrogens is 594 g/mol. The van der Waals surface area contributed by atoms with Gasteiger partial charge in [-0.05, 0) is 85.6 Å². The van der Waals surface area contributed by atoms with Crippen molar-refractivity contribution in [1.82, 2.24) is 10.2 Å². The van der Waals surface area contributed by atoms with E-state index in [1.54, 1.807) is 0 Å². The molecule has 0 saturated heterocycles. The van der Waals surface area contributed by atoms with E-state index in [4.69, 9.17) is 0 Å². The molecule has 2 N–H and O–H groups in total. The molecule has 7 rings (SSSR count). The third-order valence-corrected chi connectivity index (χ3v) is 17.2. The molecule has 2 atom stereocenters. The third-order valence-electron chi connectivity index (χ3n) is 9.35. The highest BCUT2D eigenvalue weighted by Gasteiger charge is 2.53. The highest BCUT2D eigenvalue weighted by Crippen LogP contribution is 2.55. The van der Waals surface area contributed by atoms with Crippen molar-refractivity contribution in [2.75, 3.05) is 0 Å². The number of benzene rings is 6. The molecule has 1 aliphatic carbocycles. The molecule has 0 amide bonds. The van der Waals surface area contributed by atoms with Gasteiger partial charge in [0.15, 0.2) is 14.8 Å². The van der Waals surface area contributed by atoms with E-state index in [0.717, 1.165) is 12.8 Å². The second-order valence-electron chi connectivity index (χ2n) is 12.1. The first-order valence-corrected chi connectivity index (χ1v) is 20.1. The fourth-order valence-electron chi connectivity index (χ4n) is 7.19. The Morgan fingerprint density at radius 3 is 0.696 bits per heavy atom. The van der Waals surface area contributed by atoms with E-state index >= 15 is 0 Å². The predicted molar refractivity (Wildman–Crippen MR) is 203 cm³/mol. The molecule has 46 heavy (non-hydrogen) atoms.